The van der Waals surface area contributed by atoms with Gasteiger partial charge in [0.2, 0.25) is 0 Å². The van der Waals surface area contributed by atoms with Crippen LogP contribution in [-0.4, -0.2) is 17.4 Å². The number of hydrogen-bond acceptors (Lipinski definition) is 2. The van der Waals surface area contributed by atoms with Gasteiger partial charge in [-0.15, -0.1) is 0 Å². The lowest BCUT2D eigenvalue weighted by atomic mass is 10.0. The first-order valence-corrected chi connectivity index (χ1v) is 6.65. The molecular formula is C14H18N2OS. The largest absolute Gasteiger partial charge is 0.389 e. The van der Waals surface area contributed by atoms with Crippen LogP contribution in [0.3, 0.4) is 0 Å². The van der Waals surface area contributed by atoms with Gasteiger partial charge in [-0.25, -0.2) is 0 Å². The summed E-state index contributed by atoms with van der Waals surface area (Å²) in [5, 5.41) is 3.00. The van der Waals surface area contributed by atoms with Gasteiger partial charge in [-0.3, -0.25) is 4.79 Å². The summed E-state index contributed by atoms with van der Waals surface area (Å²) < 4.78 is 0. The van der Waals surface area contributed by atoms with E-state index in [1.165, 1.54) is 12.8 Å². The highest BCUT2D eigenvalue weighted by Gasteiger charge is 2.40. The van der Waals surface area contributed by atoms with E-state index in [1.54, 1.807) is 24.3 Å². The number of nitrogens with one attached hydrogen (secondary N) is 1. The third-order valence-corrected chi connectivity index (χ3v) is 4.00. The highest BCUT2D eigenvalue weighted by Crippen LogP contribution is 2.47. The Balaban J connectivity index is 1.94. The van der Waals surface area contributed by atoms with Crippen molar-refractivity contribution in [3.05, 3.63) is 35.4 Å². The minimum Gasteiger partial charge on any atom is -0.389 e. The van der Waals surface area contributed by atoms with Crippen molar-refractivity contribution < 1.29 is 4.79 Å². The summed E-state index contributed by atoms with van der Waals surface area (Å²) in [5.41, 5.74) is 7.32. The van der Waals surface area contributed by atoms with Crippen molar-refractivity contribution in [3.63, 3.8) is 0 Å². The number of hydrogen-bond donors (Lipinski definition) is 2. The molecule has 3 nitrogen and oxygen atoms in total. The smallest absolute Gasteiger partial charge is 0.251 e. The van der Waals surface area contributed by atoms with Gasteiger partial charge in [-0.2, -0.15) is 0 Å². The summed E-state index contributed by atoms with van der Waals surface area (Å²) in [6, 6.07) is 7.08. The van der Waals surface area contributed by atoms with Crippen LogP contribution in [0.25, 0.3) is 0 Å². The van der Waals surface area contributed by atoms with E-state index < -0.39 is 0 Å². The van der Waals surface area contributed by atoms with Gasteiger partial charge in [-0.05, 0) is 36.8 Å². The highest BCUT2D eigenvalue weighted by atomic mass is 32.1. The van der Waals surface area contributed by atoms with Gasteiger partial charge in [-0.1, -0.05) is 31.3 Å². The Kier molecular flexibility index (Phi) is 3.66. The zero-order chi connectivity index (χ0) is 13.2. The normalized spacial score (nSPS) is 16.1. The number of carbonyl (C=O) groups excluding carboxylic acids is 1. The number of carbonyl (C=O) groups is 1. The third-order valence-electron chi connectivity index (χ3n) is 3.76. The molecule has 1 aliphatic carbocycles. The summed E-state index contributed by atoms with van der Waals surface area (Å²) in [5.74, 6) is -0.0239. The number of benzene rings is 1. The molecule has 0 aliphatic heterocycles. The van der Waals surface area contributed by atoms with E-state index in [4.69, 9.17) is 18.0 Å². The molecule has 1 saturated carbocycles. The van der Waals surface area contributed by atoms with Gasteiger partial charge in [0.1, 0.15) is 4.99 Å². The molecule has 1 amide bonds. The van der Waals surface area contributed by atoms with E-state index in [0.717, 1.165) is 18.5 Å². The maximum absolute atomic E-state index is 11.9. The fourth-order valence-corrected chi connectivity index (χ4v) is 2.12. The van der Waals surface area contributed by atoms with E-state index in [1.807, 2.05) is 0 Å². The van der Waals surface area contributed by atoms with Gasteiger partial charge in [0.15, 0.2) is 0 Å². The number of amides is 1. The molecule has 1 fully saturated rings. The fourth-order valence-electron chi connectivity index (χ4n) is 1.99. The van der Waals surface area contributed by atoms with Crippen molar-refractivity contribution in [2.45, 2.75) is 26.2 Å². The first-order chi connectivity index (χ1) is 8.56. The van der Waals surface area contributed by atoms with Gasteiger partial charge in [0.25, 0.3) is 5.91 Å². The molecule has 1 aliphatic rings. The summed E-state index contributed by atoms with van der Waals surface area (Å²) in [7, 11) is 0. The monoisotopic (exact) mass is 262 g/mol. The lowest BCUT2D eigenvalue weighted by molar-refractivity contribution is 0.0944. The van der Waals surface area contributed by atoms with Gasteiger partial charge < -0.3 is 11.1 Å². The topological polar surface area (TPSA) is 55.1 Å². The molecule has 0 aromatic heterocycles. The molecule has 3 N–H and O–H groups in total. The highest BCUT2D eigenvalue weighted by molar-refractivity contribution is 7.80. The van der Waals surface area contributed by atoms with E-state index in [2.05, 4.69) is 12.2 Å². The SMILES string of the molecule is CCC1(CNC(=O)c2ccc(C(N)=S)cc2)CC1. The lowest BCUT2D eigenvalue weighted by Gasteiger charge is -2.13. The molecule has 1 aromatic rings. The van der Waals surface area contributed by atoms with Crippen molar-refractivity contribution in [2.24, 2.45) is 11.1 Å². The average Bonchev–Trinajstić information content (AvgIpc) is 3.17. The molecule has 0 radical (unpaired) electrons. The second-order valence-electron chi connectivity index (χ2n) is 4.98. The minimum atomic E-state index is -0.0239. The lowest BCUT2D eigenvalue weighted by Crippen LogP contribution is -2.30. The van der Waals surface area contributed by atoms with Gasteiger partial charge in [0.05, 0.1) is 0 Å². The molecule has 0 saturated heterocycles. The molecule has 0 atom stereocenters. The first-order valence-electron chi connectivity index (χ1n) is 6.24. The Labute approximate surface area is 113 Å². The van der Waals surface area contributed by atoms with Crippen LogP contribution < -0.4 is 11.1 Å². The molecule has 18 heavy (non-hydrogen) atoms. The third kappa shape index (κ3) is 2.88. The van der Waals surface area contributed by atoms with Crippen molar-refractivity contribution in [1.82, 2.24) is 5.32 Å². The van der Waals surface area contributed by atoms with E-state index in [-0.39, 0.29) is 5.91 Å². The summed E-state index contributed by atoms with van der Waals surface area (Å²) in [6.45, 7) is 2.95. The molecule has 0 spiro atoms. The van der Waals surface area contributed by atoms with E-state index in [0.29, 0.717) is 16.0 Å². The zero-order valence-corrected chi connectivity index (χ0v) is 11.3. The predicted octanol–water partition coefficient (Wildman–Crippen LogP) is 2.24. The Morgan fingerprint density at radius 1 is 1.33 bits per heavy atom. The van der Waals surface area contributed by atoms with Crippen molar-refractivity contribution in [2.75, 3.05) is 6.54 Å². The fraction of sp³-hybridized carbons (Fsp3) is 0.429. The van der Waals surface area contributed by atoms with E-state index >= 15 is 0 Å². The van der Waals surface area contributed by atoms with Crippen molar-refractivity contribution in [1.29, 1.82) is 0 Å². The van der Waals surface area contributed by atoms with Crippen LogP contribution in [0.5, 0.6) is 0 Å². The molecule has 1 aromatic carbocycles. The molecule has 0 heterocycles. The van der Waals surface area contributed by atoms with Crippen LogP contribution in [0.4, 0.5) is 0 Å². The Morgan fingerprint density at radius 2 is 1.89 bits per heavy atom. The van der Waals surface area contributed by atoms with Crippen LogP contribution in [0, 0.1) is 5.41 Å². The minimum absolute atomic E-state index is 0.0239. The van der Waals surface area contributed by atoms with Crippen LogP contribution >= 0.6 is 12.2 Å². The van der Waals surface area contributed by atoms with E-state index in [9.17, 15) is 4.79 Å². The van der Waals surface area contributed by atoms with Crippen LogP contribution in [0.2, 0.25) is 0 Å². The zero-order valence-electron chi connectivity index (χ0n) is 10.5. The number of nitrogens with two attached hydrogens (primary N) is 1. The summed E-state index contributed by atoms with van der Waals surface area (Å²) in [4.78, 5) is 12.3. The standard InChI is InChI=1S/C14H18N2OS/c1-2-14(7-8-14)9-16-13(17)11-5-3-10(4-6-11)12(15)18/h3-6H,2,7-9H2,1H3,(H2,15,18)(H,16,17). The molecule has 0 unspecified atom stereocenters. The second kappa shape index (κ2) is 5.06. The molecule has 96 valence electrons. The molecule has 4 heteroatoms. The Morgan fingerprint density at radius 3 is 2.33 bits per heavy atom. The number of rotatable bonds is 5. The Hall–Kier alpha value is -1.42. The van der Waals surface area contributed by atoms with Crippen LogP contribution in [0.1, 0.15) is 42.1 Å². The molecule has 2 rings (SSSR count). The maximum atomic E-state index is 11.9. The molecule has 0 bridgehead atoms. The first kappa shape index (κ1) is 13.0. The maximum Gasteiger partial charge on any atom is 0.251 e. The van der Waals surface area contributed by atoms with Crippen molar-refractivity contribution >= 4 is 23.1 Å². The van der Waals surface area contributed by atoms with Crippen LogP contribution in [-0.2, 0) is 0 Å². The van der Waals surface area contributed by atoms with Crippen molar-refractivity contribution in [3.8, 4) is 0 Å². The van der Waals surface area contributed by atoms with Gasteiger partial charge in [0, 0.05) is 17.7 Å². The van der Waals surface area contributed by atoms with Gasteiger partial charge >= 0.3 is 0 Å². The summed E-state index contributed by atoms with van der Waals surface area (Å²) >= 11 is 4.87. The predicted molar refractivity (Wildman–Crippen MR) is 76.6 cm³/mol. The molecular weight excluding hydrogens is 244 g/mol. The summed E-state index contributed by atoms with van der Waals surface area (Å²) in [6.07, 6.45) is 3.59. The number of thiocarbonyl (C=S) groups is 1. The Bertz CT molecular complexity index is 463. The quantitative estimate of drug-likeness (QED) is 0.800. The average molecular weight is 262 g/mol. The van der Waals surface area contributed by atoms with Crippen LogP contribution in [0.15, 0.2) is 24.3 Å². The second-order valence-corrected chi connectivity index (χ2v) is 5.42.